The zero-order valence-electron chi connectivity index (χ0n) is 16.0. The molecule has 1 aliphatic heterocycles. The number of amides is 1. The van der Waals surface area contributed by atoms with Gasteiger partial charge in [-0.3, -0.25) is 4.79 Å². The Hall–Kier alpha value is -3.42. The number of carbonyl (C=O) groups is 1. The normalized spacial score (nSPS) is 14.1. The van der Waals surface area contributed by atoms with Gasteiger partial charge in [0.05, 0.1) is 24.4 Å². The molecular weight excluding hydrogens is 358 g/mol. The fraction of sp³-hybridized carbons (Fsp3) is 0.300. The van der Waals surface area contributed by atoms with Crippen LogP contribution >= 0.6 is 0 Å². The van der Waals surface area contributed by atoms with Crippen molar-refractivity contribution < 1.29 is 14.1 Å². The number of rotatable bonds is 4. The number of anilines is 2. The molecule has 8 nitrogen and oxygen atoms in total. The minimum Gasteiger partial charge on any atom is -0.467 e. The summed E-state index contributed by atoms with van der Waals surface area (Å²) < 4.78 is 10.4. The van der Waals surface area contributed by atoms with Crippen LogP contribution in [0, 0.1) is 0 Å². The van der Waals surface area contributed by atoms with Crippen molar-refractivity contribution in [1.29, 1.82) is 0 Å². The van der Waals surface area contributed by atoms with Gasteiger partial charge in [0.1, 0.15) is 17.1 Å². The lowest BCUT2D eigenvalue weighted by molar-refractivity contribution is 0.0980. The molecule has 4 rings (SSSR count). The van der Waals surface area contributed by atoms with Crippen LogP contribution in [0.2, 0.25) is 0 Å². The average Bonchev–Trinajstić information content (AvgIpc) is 3.23. The number of hydrogen-bond acceptors (Lipinski definition) is 7. The summed E-state index contributed by atoms with van der Waals surface area (Å²) in [5.41, 5.74) is 8.48. The van der Waals surface area contributed by atoms with Gasteiger partial charge in [0.2, 0.25) is 0 Å². The van der Waals surface area contributed by atoms with E-state index in [1.807, 2.05) is 30.3 Å². The zero-order valence-corrected chi connectivity index (χ0v) is 16.0. The van der Waals surface area contributed by atoms with E-state index in [4.69, 9.17) is 15.0 Å². The second-order valence-electron chi connectivity index (χ2n) is 7.17. The largest absolute Gasteiger partial charge is 0.467 e. The van der Waals surface area contributed by atoms with Crippen LogP contribution in [-0.4, -0.2) is 34.7 Å². The zero-order chi connectivity index (χ0) is 19.9. The summed E-state index contributed by atoms with van der Waals surface area (Å²) in [6.45, 7) is 4.64. The van der Waals surface area contributed by atoms with E-state index in [1.165, 1.54) is 7.11 Å². The molecule has 0 saturated carbocycles. The number of nitrogen functional groups attached to an aromatic ring is 1. The third kappa shape index (κ3) is 2.87. The molecule has 8 heteroatoms. The molecule has 0 fully saturated rings. The van der Waals surface area contributed by atoms with E-state index in [1.54, 1.807) is 11.1 Å². The van der Waals surface area contributed by atoms with E-state index >= 15 is 0 Å². The summed E-state index contributed by atoms with van der Waals surface area (Å²) in [5, 5.41) is 3.80. The number of fused-ring (bicyclic) bond motifs is 1. The molecule has 0 saturated heterocycles. The lowest BCUT2D eigenvalue weighted by atomic mass is 9.82. The minimum atomic E-state index is -0.331. The van der Waals surface area contributed by atoms with Crippen molar-refractivity contribution in [3.8, 4) is 6.01 Å². The van der Waals surface area contributed by atoms with Crippen LogP contribution < -0.4 is 15.4 Å². The van der Waals surface area contributed by atoms with Crippen molar-refractivity contribution >= 4 is 17.4 Å². The molecule has 2 N–H and O–H groups in total. The van der Waals surface area contributed by atoms with Gasteiger partial charge in [-0.25, -0.2) is 0 Å². The fourth-order valence-electron chi connectivity index (χ4n) is 3.45. The highest BCUT2D eigenvalue weighted by Gasteiger charge is 2.31. The molecule has 2 aromatic heterocycles. The van der Waals surface area contributed by atoms with Gasteiger partial charge in [-0.2, -0.15) is 9.97 Å². The Morgan fingerprint density at radius 3 is 2.57 bits per heavy atom. The minimum absolute atomic E-state index is 0.139. The summed E-state index contributed by atoms with van der Waals surface area (Å²) in [4.78, 5) is 23.0. The van der Waals surface area contributed by atoms with Crippen LogP contribution in [0.1, 0.15) is 41.2 Å². The summed E-state index contributed by atoms with van der Waals surface area (Å²) >= 11 is 0. The second kappa shape index (κ2) is 6.63. The van der Waals surface area contributed by atoms with Gasteiger partial charge in [0, 0.05) is 24.7 Å². The molecule has 3 heterocycles. The first kappa shape index (κ1) is 18.0. The first-order valence-corrected chi connectivity index (χ1v) is 8.95. The molecule has 0 unspecified atom stereocenters. The van der Waals surface area contributed by atoms with Gasteiger partial charge in [0.15, 0.2) is 0 Å². The summed E-state index contributed by atoms with van der Waals surface area (Å²) in [7, 11) is 1.47. The first-order valence-electron chi connectivity index (χ1n) is 8.95. The number of aromatic nitrogens is 3. The predicted octanol–water partition coefficient (Wildman–Crippen LogP) is 2.58. The molecule has 0 spiro atoms. The first-order chi connectivity index (χ1) is 13.4. The molecule has 0 radical (unpaired) electrons. The third-order valence-electron chi connectivity index (χ3n) is 5.16. The molecule has 1 aromatic carbocycles. The number of benzene rings is 1. The Morgan fingerprint density at radius 1 is 1.18 bits per heavy atom. The van der Waals surface area contributed by atoms with E-state index in [9.17, 15) is 4.79 Å². The number of hydrogen-bond donors (Lipinski definition) is 1. The van der Waals surface area contributed by atoms with Crippen molar-refractivity contribution in [3.05, 3.63) is 59.1 Å². The number of ether oxygens (including phenoxy) is 1. The van der Waals surface area contributed by atoms with Crippen LogP contribution in [-0.2, 0) is 11.8 Å². The van der Waals surface area contributed by atoms with E-state index < -0.39 is 0 Å². The van der Waals surface area contributed by atoms with Crippen LogP contribution in [0.3, 0.4) is 0 Å². The van der Waals surface area contributed by atoms with Crippen molar-refractivity contribution in [2.45, 2.75) is 25.7 Å². The predicted molar refractivity (Wildman–Crippen MR) is 103 cm³/mol. The third-order valence-corrected chi connectivity index (χ3v) is 5.16. The number of nitrogens with two attached hydrogens (primary N) is 1. The Kier molecular flexibility index (Phi) is 4.26. The Bertz CT molecular complexity index is 1010. The number of methoxy groups -OCH3 is 1. The van der Waals surface area contributed by atoms with Gasteiger partial charge in [-0.05, 0) is 31.5 Å². The van der Waals surface area contributed by atoms with Crippen molar-refractivity contribution in [3.63, 3.8) is 0 Å². The fourth-order valence-corrected chi connectivity index (χ4v) is 3.45. The highest BCUT2D eigenvalue weighted by molar-refractivity contribution is 6.10. The SMILES string of the molecule is COc1nc(N)c2c(n1)CCN(c1ccc(C(C)(C)c3ccno3)cc1)C2=O. The number of nitrogens with zero attached hydrogens (tertiary/aromatic N) is 4. The van der Waals surface area contributed by atoms with Gasteiger partial charge >= 0.3 is 6.01 Å². The highest BCUT2D eigenvalue weighted by Crippen LogP contribution is 2.33. The van der Waals surface area contributed by atoms with Gasteiger partial charge < -0.3 is 19.9 Å². The lowest BCUT2D eigenvalue weighted by Gasteiger charge is -2.29. The Labute approximate surface area is 162 Å². The highest BCUT2D eigenvalue weighted by atomic mass is 16.5. The Morgan fingerprint density at radius 2 is 1.93 bits per heavy atom. The molecule has 144 valence electrons. The average molecular weight is 379 g/mol. The molecule has 1 aliphatic rings. The smallest absolute Gasteiger partial charge is 0.318 e. The molecule has 3 aromatic rings. The maximum atomic E-state index is 13.0. The van der Waals surface area contributed by atoms with Gasteiger partial charge in [-0.1, -0.05) is 17.3 Å². The maximum absolute atomic E-state index is 13.0. The van der Waals surface area contributed by atoms with Gasteiger partial charge in [-0.15, -0.1) is 0 Å². The molecule has 0 atom stereocenters. The van der Waals surface area contributed by atoms with Gasteiger partial charge in [0.25, 0.3) is 5.91 Å². The molecular formula is C20H21N5O3. The lowest BCUT2D eigenvalue weighted by Crippen LogP contribution is -2.39. The second-order valence-corrected chi connectivity index (χ2v) is 7.17. The molecule has 1 amide bonds. The number of carbonyl (C=O) groups excluding carboxylic acids is 1. The van der Waals surface area contributed by atoms with E-state index in [2.05, 4.69) is 29.0 Å². The quantitative estimate of drug-likeness (QED) is 0.742. The summed E-state index contributed by atoms with van der Waals surface area (Å²) in [5.74, 6) is 0.713. The summed E-state index contributed by atoms with van der Waals surface area (Å²) in [6.07, 6.45) is 2.21. The maximum Gasteiger partial charge on any atom is 0.318 e. The van der Waals surface area contributed by atoms with Crippen LogP contribution in [0.5, 0.6) is 6.01 Å². The van der Waals surface area contributed by atoms with Crippen molar-refractivity contribution in [1.82, 2.24) is 15.1 Å². The Balaban J connectivity index is 1.63. The molecule has 0 bridgehead atoms. The van der Waals surface area contributed by atoms with Crippen LogP contribution in [0.25, 0.3) is 0 Å². The van der Waals surface area contributed by atoms with Crippen LogP contribution in [0.15, 0.2) is 41.1 Å². The van der Waals surface area contributed by atoms with E-state index in [-0.39, 0.29) is 23.2 Å². The van der Waals surface area contributed by atoms with E-state index in [0.717, 1.165) is 17.0 Å². The summed E-state index contributed by atoms with van der Waals surface area (Å²) in [6, 6.07) is 9.88. The monoisotopic (exact) mass is 379 g/mol. The van der Waals surface area contributed by atoms with E-state index in [0.29, 0.717) is 24.2 Å². The topological polar surface area (TPSA) is 107 Å². The molecule has 0 aliphatic carbocycles. The standard InChI is InChI=1S/C20H21N5O3/c1-20(2,15-8-10-22-28-15)12-4-6-13(7-5-12)25-11-9-14-16(18(25)26)17(21)24-19(23-14)27-3/h4-8,10H,9,11H2,1-3H3,(H2,21,23,24). The molecule has 28 heavy (non-hydrogen) atoms. The van der Waals surface area contributed by atoms with Crippen LogP contribution in [0.4, 0.5) is 11.5 Å². The van der Waals surface area contributed by atoms with Crippen molar-refractivity contribution in [2.75, 3.05) is 24.3 Å². The van der Waals surface area contributed by atoms with Crippen molar-refractivity contribution in [2.24, 2.45) is 0 Å².